The highest BCUT2D eigenvalue weighted by Gasteiger charge is 2.24. The fourth-order valence-electron chi connectivity index (χ4n) is 3.62. The number of rotatable bonds is 7. The monoisotopic (exact) mass is 502 g/mol. The summed E-state index contributed by atoms with van der Waals surface area (Å²) in [5, 5.41) is 4.36. The second kappa shape index (κ2) is 10.8. The highest BCUT2D eigenvalue weighted by Crippen LogP contribution is 2.33. The minimum Gasteiger partial charge on any atom is -0.387 e. The maximum Gasteiger partial charge on any atom is 0.257 e. The molecule has 0 saturated carbocycles. The summed E-state index contributed by atoms with van der Waals surface area (Å²) in [6.45, 7) is 7.54. The quantitative estimate of drug-likeness (QED) is 0.356. The van der Waals surface area contributed by atoms with Crippen LogP contribution in [0.15, 0.2) is 60.7 Å². The van der Waals surface area contributed by atoms with Crippen molar-refractivity contribution in [3.05, 3.63) is 98.0 Å². The lowest BCUT2D eigenvalue weighted by Gasteiger charge is -2.26. The van der Waals surface area contributed by atoms with Gasteiger partial charge in [0.05, 0.1) is 15.6 Å². The third-order valence-corrected chi connectivity index (χ3v) is 6.70. The van der Waals surface area contributed by atoms with Crippen LogP contribution in [-0.4, -0.2) is 24.4 Å². The van der Waals surface area contributed by atoms with Crippen LogP contribution in [-0.2, 0) is 18.4 Å². The Morgan fingerprint density at radius 1 is 0.879 bits per heavy atom. The van der Waals surface area contributed by atoms with E-state index in [0.717, 1.165) is 11.1 Å². The molecule has 33 heavy (non-hydrogen) atoms. The Morgan fingerprint density at radius 2 is 1.48 bits per heavy atom. The van der Waals surface area contributed by atoms with E-state index in [1.165, 1.54) is 5.56 Å². The van der Waals surface area contributed by atoms with Crippen molar-refractivity contribution < 1.29 is 4.79 Å². The molecule has 0 aliphatic carbocycles. The summed E-state index contributed by atoms with van der Waals surface area (Å²) in [6, 6.07) is 19.6. The number of hydrogen-bond donors (Lipinski definition) is 1. The molecule has 3 rings (SSSR count). The molecule has 0 radical (unpaired) electrons. The molecule has 0 spiro atoms. The Labute approximate surface area is 211 Å². The van der Waals surface area contributed by atoms with Gasteiger partial charge in [0.25, 0.3) is 5.91 Å². The van der Waals surface area contributed by atoms with Gasteiger partial charge in [-0.2, -0.15) is 0 Å². The lowest BCUT2D eigenvalue weighted by atomic mass is 9.87. The Bertz CT molecular complexity index is 1100. The van der Waals surface area contributed by atoms with Gasteiger partial charge in [-0.1, -0.05) is 92.0 Å². The van der Waals surface area contributed by atoms with Crippen LogP contribution in [0.2, 0.25) is 15.1 Å². The fourth-order valence-corrected chi connectivity index (χ4v) is 4.15. The van der Waals surface area contributed by atoms with E-state index >= 15 is 0 Å². The smallest absolute Gasteiger partial charge is 0.257 e. The molecule has 0 aliphatic heterocycles. The SMILES string of the molecule is CNc1ccc(Cl)c(Cl)c1C(=O)N(CCc1ccc(Cl)cc1)Cc1ccc(C(C)(C)C)cc1. The molecule has 6 heteroatoms. The number of nitrogens with zero attached hydrogens (tertiary/aromatic N) is 1. The van der Waals surface area contributed by atoms with Crippen molar-refractivity contribution in [2.45, 2.75) is 39.2 Å². The van der Waals surface area contributed by atoms with Gasteiger partial charge in [0.2, 0.25) is 0 Å². The van der Waals surface area contributed by atoms with Crippen molar-refractivity contribution in [2.75, 3.05) is 18.9 Å². The third-order valence-electron chi connectivity index (χ3n) is 5.64. The molecule has 0 aliphatic rings. The van der Waals surface area contributed by atoms with Crippen LogP contribution in [0.1, 0.15) is 47.8 Å². The van der Waals surface area contributed by atoms with Crippen LogP contribution < -0.4 is 5.32 Å². The summed E-state index contributed by atoms with van der Waals surface area (Å²) in [7, 11) is 1.76. The zero-order valence-electron chi connectivity index (χ0n) is 19.4. The number of benzene rings is 3. The van der Waals surface area contributed by atoms with Gasteiger partial charge in [0.1, 0.15) is 0 Å². The summed E-state index contributed by atoms with van der Waals surface area (Å²) in [5.41, 5.74) is 4.50. The van der Waals surface area contributed by atoms with Crippen LogP contribution in [0.4, 0.5) is 5.69 Å². The number of halogens is 3. The Morgan fingerprint density at radius 3 is 2.06 bits per heavy atom. The Hall–Kier alpha value is -2.20. The molecule has 0 heterocycles. The molecule has 3 aromatic rings. The number of carbonyl (C=O) groups excluding carboxylic acids is 1. The maximum absolute atomic E-state index is 13.7. The van der Waals surface area contributed by atoms with Crippen LogP contribution in [0.3, 0.4) is 0 Å². The van der Waals surface area contributed by atoms with Crippen molar-refractivity contribution in [1.82, 2.24) is 4.90 Å². The van der Waals surface area contributed by atoms with E-state index in [0.29, 0.717) is 40.8 Å². The molecule has 0 saturated heterocycles. The van der Waals surface area contributed by atoms with Crippen LogP contribution in [0.5, 0.6) is 0 Å². The van der Waals surface area contributed by atoms with E-state index in [4.69, 9.17) is 34.8 Å². The van der Waals surface area contributed by atoms with Gasteiger partial charge in [-0.15, -0.1) is 0 Å². The molecule has 3 nitrogen and oxygen atoms in total. The van der Waals surface area contributed by atoms with E-state index in [2.05, 4.69) is 50.4 Å². The summed E-state index contributed by atoms with van der Waals surface area (Å²) >= 11 is 18.8. The number of anilines is 1. The van der Waals surface area contributed by atoms with E-state index < -0.39 is 0 Å². The van der Waals surface area contributed by atoms with Gasteiger partial charge >= 0.3 is 0 Å². The molecule has 174 valence electrons. The minimum absolute atomic E-state index is 0.0681. The van der Waals surface area contributed by atoms with Crippen molar-refractivity contribution >= 4 is 46.4 Å². The van der Waals surface area contributed by atoms with E-state index in [1.807, 2.05) is 29.2 Å². The number of amides is 1. The lowest BCUT2D eigenvalue weighted by Crippen LogP contribution is -2.33. The van der Waals surface area contributed by atoms with Crippen molar-refractivity contribution in [3.8, 4) is 0 Å². The predicted molar refractivity (Wildman–Crippen MR) is 141 cm³/mol. The molecular weight excluding hydrogens is 475 g/mol. The summed E-state index contributed by atoms with van der Waals surface area (Å²) in [4.78, 5) is 15.5. The molecule has 3 aromatic carbocycles. The number of carbonyl (C=O) groups is 1. The first-order valence-electron chi connectivity index (χ1n) is 10.9. The predicted octanol–water partition coefficient (Wildman–Crippen LogP) is 7.87. The first-order chi connectivity index (χ1) is 15.6. The average Bonchev–Trinajstić information content (AvgIpc) is 2.78. The summed E-state index contributed by atoms with van der Waals surface area (Å²) in [5.74, 6) is -0.166. The molecule has 0 atom stereocenters. The largest absolute Gasteiger partial charge is 0.387 e. The molecule has 0 fully saturated rings. The Kier molecular flexibility index (Phi) is 8.33. The molecule has 1 amide bonds. The Balaban J connectivity index is 1.92. The van der Waals surface area contributed by atoms with Crippen molar-refractivity contribution in [3.63, 3.8) is 0 Å². The van der Waals surface area contributed by atoms with E-state index in [9.17, 15) is 4.79 Å². The molecule has 0 unspecified atom stereocenters. The highest BCUT2D eigenvalue weighted by molar-refractivity contribution is 6.44. The van der Waals surface area contributed by atoms with Gasteiger partial charge in [-0.3, -0.25) is 4.79 Å². The van der Waals surface area contributed by atoms with Gasteiger partial charge in [-0.05, 0) is 52.8 Å². The molecule has 0 bridgehead atoms. The van der Waals surface area contributed by atoms with Crippen LogP contribution >= 0.6 is 34.8 Å². The zero-order valence-corrected chi connectivity index (χ0v) is 21.7. The second-order valence-electron chi connectivity index (χ2n) is 9.08. The van der Waals surface area contributed by atoms with E-state index in [-0.39, 0.29) is 16.3 Å². The van der Waals surface area contributed by atoms with Gasteiger partial charge in [0.15, 0.2) is 0 Å². The van der Waals surface area contributed by atoms with Gasteiger partial charge < -0.3 is 10.2 Å². The standard InChI is InChI=1S/C27H29Cl3N2O/c1-27(2,3)20-9-5-19(6-10-20)17-32(16-15-18-7-11-21(28)12-8-18)26(33)24-23(31-4)14-13-22(29)25(24)30/h5-14,31H,15-17H2,1-4H3. The molecule has 0 aromatic heterocycles. The first kappa shape index (κ1) is 25.4. The minimum atomic E-state index is -0.166. The number of nitrogens with one attached hydrogen (secondary N) is 1. The van der Waals surface area contributed by atoms with Crippen molar-refractivity contribution in [1.29, 1.82) is 0 Å². The topological polar surface area (TPSA) is 32.3 Å². The molecule has 1 N–H and O–H groups in total. The number of hydrogen-bond acceptors (Lipinski definition) is 2. The summed E-state index contributed by atoms with van der Waals surface area (Å²) in [6.07, 6.45) is 0.691. The van der Waals surface area contributed by atoms with Crippen molar-refractivity contribution in [2.24, 2.45) is 0 Å². The van der Waals surface area contributed by atoms with Gasteiger partial charge in [-0.25, -0.2) is 0 Å². The third kappa shape index (κ3) is 6.44. The highest BCUT2D eigenvalue weighted by atomic mass is 35.5. The van der Waals surface area contributed by atoms with Gasteiger partial charge in [0, 0.05) is 30.8 Å². The zero-order chi connectivity index (χ0) is 24.2. The van der Waals surface area contributed by atoms with E-state index in [1.54, 1.807) is 19.2 Å². The molecular formula is C27H29Cl3N2O. The average molecular weight is 504 g/mol. The fraction of sp³-hybridized carbons (Fsp3) is 0.296. The second-order valence-corrected chi connectivity index (χ2v) is 10.3. The van der Waals surface area contributed by atoms with Crippen LogP contribution in [0, 0.1) is 0 Å². The first-order valence-corrected chi connectivity index (χ1v) is 12.0. The normalized spacial score (nSPS) is 11.4. The van der Waals surface area contributed by atoms with Crippen LogP contribution in [0.25, 0.3) is 0 Å². The summed E-state index contributed by atoms with van der Waals surface area (Å²) < 4.78 is 0. The maximum atomic E-state index is 13.7. The lowest BCUT2D eigenvalue weighted by molar-refractivity contribution is 0.0746.